The maximum Gasteiger partial charge on any atom is 0.357 e. The summed E-state index contributed by atoms with van der Waals surface area (Å²) in [5.74, 6) is -1.05. The van der Waals surface area contributed by atoms with Crippen molar-refractivity contribution in [1.29, 1.82) is 0 Å². The molecular weight excluding hydrogens is 258 g/mol. The van der Waals surface area contributed by atoms with Crippen LogP contribution in [0, 0.1) is 6.92 Å². The van der Waals surface area contributed by atoms with Gasteiger partial charge in [0.2, 0.25) is 5.91 Å². The zero-order valence-electron chi connectivity index (χ0n) is 10.9. The number of carbonyl (C=O) groups excluding carboxylic acids is 1. The maximum atomic E-state index is 11.3. The molecule has 0 bridgehead atoms. The SMILES string of the molecule is Cc1[nH]nc(C(=O)O)c1-c1ccc2c(c1)CCC(=O)N2. The predicted octanol–water partition coefficient (Wildman–Crippen LogP) is 1.97. The number of amides is 1. The summed E-state index contributed by atoms with van der Waals surface area (Å²) < 4.78 is 0. The molecule has 3 rings (SSSR count). The Kier molecular flexibility index (Phi) is 2.78. The lowest BCUT2D eigenvalue weighted by atomic mass is 9.96. The number of fused-ring (bicyclic) bond motifs is 1. The molecule has 0 spiro atoms. The minimum absolute atomic E-state index is 0.0102. The first-order valence-electron chi connectivity index (χ1n) is 6.27. The van der Waals surface area contributed by atoms with Crippen molar-refractivity contribution in [2.75, 3.05) is 5.32 Å². The van der Waals surface area contributed by atoms with Gasteiger partial charge in [0.1, 0.15) is 0 Å². The summed E-state index contributed by atoms with van der Waals surface area (Å²) in [6.45, 7) is 1.79. The van der Waals surface area contributed by atoms with Crippen molar-refractivity contribution in [3.8, 4) is 11.1 Å². The van der Waals surface area contributed by atoms with Crippen LogP contribution in [-0.2, 0) is 11.2 Å². The Morgan fingerprint density at radius 2 is 2.15 bits per heavy atom. The van der Waals surface area contributed by atoms with Crippen molar-refractivity contribution in [1.82, 2.24) is 10.2 Å². The fourth-order valence-electron chi connectivity index (χ4n) is 2.48. The molecule has 1 amide bonds. The van der Waals surface area contributed by atoms with Gasteiger partial charge in [-0.2, -0.15) is 5.10 Å². The van der Waals surface area contributed by atoms with E-state index >= 15 is 0 Å². The summed E-state index contributed by atoms with van der Waals surface area (Å²) in [5.41, 5.74) is 3.92. The number of aryl methyl sites for hydroxylation is 2. The maximum absolute atomic E-state index is 11.3. The van der Waals surface area contributed by atoms with E-state index in [-0.39, 0.29) is 11.6 Å². The number of benzene rings is 1. The third-order valence-electron chi connectivity index (χ3n) is 3.44. The molecule has 0 saturated carbocycles. The summed E-state index contributed by atoms with van der Waals surface area (Å²) in [4.78, 5) is 22.5. The molecule has 1 aromatic carbocycles. The largest absolute Gasteiger partial charge is 0.476 e. The van der Waals surface area contributed by atoms with E-state index in [9.17, 15) is 14.7 Å². The van der Waals surface area contributed by atoms with E-state index in [1.54, 1.807) is 19.1 Å². The highest BCUT2D eigenvalue weighted by Crippen LogP contribution is 2.31. The Labute approximate surface area is 114 Å². The van der Waals surface area contributed by atoms with Crippen molar-refractivity contribution < 1.29 is 14.7 Å². The average molecular weight is 271 g/mol. The third kappa shape index (κ3) is 1.95. The Bertz CT molecular complexity index is 718. The summed E-state index contributed by atoms with van der Waals surface area (Å²) in [7, 11) is 0. The second kappa shape index (κ2) is 4.48. The van der Waals surface area contributed by atoms with Crippen LogP contribution in [0.2, 0.25) is 0 Å². The average Bonchev–Trinajstić information content (AvgIpc) is 2.80. The molecular formula is C14H13N3O3. The van der Waals surface area contributed by atoms with E-state index in [0.29, 0.717) is 24.1 Å². The molecule has 6 nitrogen and oxygen atoms in total. The molecule has 0 fully saturated rings. The molecule has 0 unspecified atom stereocenters. The van der Waals surface area contributed by atoms with Crippen LogP contribution in [0.1, 0.15) is 28.2 Å². The van der Waals surface area contributed by atoms with E-state index < -0.39 is 5.97 Å². The number of nitrogens with one attached hydrogen (secondary N) is 2. The zero-order valence-corrected chi connectivity index (χ0v) is 10.9. The van der Waals surface area contributed by atoms with Gasteiger partial charge in [0.15, 0.2) is 5.69 Å². The quantitative estimate of drug-likeness (QED) is 0.778. The van der Waals surface area contributed by atoms with E-state index in [1.165, 1.54) is 0 Å². The molecule has 3 N–H and O–H groups in total. The summed E-state index contributed by atoms with van der Waals surface area (Å²) >= 11 is 0. The number of H-pyrrole nitrogens is 1. The molecule has 1 aliphatic rings. The highest BCUT2D eigenvalue weighted by Gasteiger charge is 2.20. The molecule has 0 atom stereocenters. The Morgan fingerprint density at radius 1 is 1.35 bits per heavy atom. The highest BCUT2D eigenvalue weighted by atomic mass is 16.4. The fourth-order valence-corrected chi connectivity index (χ4v) is 2.48. The lowest BCUT2D eigenvalue weighted by molar-refractivity contribution is -0.116. The minimum atomic E-state index is -1.06. The van der Waals surface area contributed by atoms with E-state index in [1.807, 2.05) is 6.07 Å². The third-order valence-corrected chi connectivity index (χ3v) is 3.44. The van der Waals surface area contributed by atoms with Crippen LogP contribution in [0.25, 0.3) is 11.1 Å². The number of anilines is 1. The number of hydrogen-bond donors (Lipinski definition) is 3. The van der Waals surface area contributed by atoms with E-state index in [4.69, 9.17) is 0 Å². The van der Waals surface area contributed by atoms with Crippen LogP contribution >= 0.6 is 0 Å². The Balaban J connectivity index is 2.10. The van der Waals surface area contributed by atoms with Crippen molar-refractivity contribution in [3.63, 3.8) is 0 Å². The number of aromatic carboxylic acids is 1. The summed E-state index contributed by atoms with van der Waals surface area (Å²) in [6.07, 6.45) is 1.11. The number of rotatable bonds is 2. The number of hydrogen-bond acceptors (Lipinski definition) is 3. The van der Waals surface area contributed by atoms with Crippen LogP contribution in [0.5, 0.6) is 0 Å². The first kappa shape index (κ1) is 12.4. The van der Waals surface area contributed by atoms with Crippen LogP contribution < -0.4 is 5.32 Å². The van der Waals surface area contributed by atoms with Gasteiger partial charge in [-0.25, -0.2) is 4.79 Å². The number of carbonyl (C=O) groups is 2. The summed E-state index contributed by atoms with van der Waals surface area (Å²) in [5, 5.41) is 18.5. The molecule has 2 heterocycles. The number of nitrogens with zero attached hydrogens (tertiary/aromatic N) is 1. The molecule has 0 radical (unpaired) electrons. The number of carboxylic acid groups (broad SMARTS) is 1. The molecule has 20 heavy (non-hydrogen) atoms. The van der Waals surface area contributed by atoms with Crippen molar-refractivity contribution >= 4 is 17.6 Å². The van der Waals surface area contributed by atoms with E-state index in [0.717, 1.165) is 16.8 Å². The predicted molar refractivity (Wildman–Crippen MR) is 72.7 cm³/mol. The second-order valence-corrected chi connectivity index (χ2v) is 4.80. The summed E-state index contributed by atoms with van der Waals surface area (Å²) in [6, 6.07) is 5.52. The first-order valence-corrected chi connectivity index (χ1v) is 6.27. The molecule has 1 aliphatic heterocycles. The van der Waals surface area contributed by atoms with Gasteiger partial charge in [-0.3, -0.25) is 9.89 Å². The fraction of sp³-hybridized carbons (Fsp3) is 0.214. The number of aromatic amines is 1. The van der Waals surface area contributed by atoms with Gasteiger partial charge in [0.25, 0.3) is 0 Å². The minimum Gasteiger partial charge on any atom is -0.476 e. The monoisotopic (exact) mass is 271 g/mol. The van der Waals surface area contributed by atoms with Gasteiger partial charge in [0, 0.05) is 23.4 Å². The van der Waals surface area contributed by atoms with Crippen LogP contribution in [0.15, 0.2) is 18.2 Å². The zero-order chi connectivity index (χ0) is 14.3. The molecule has 102 valence electrons. The topological polar surface area (TPSA) is 95.1 Å². The first-order chi connectivity index (χ1) is 9.56. The van der Waals surface area contributed by atoms with Gasteiger partial charge >= 0.3 is 5.97 Å². The second-order valence-electron chi connectivity index (χ2n) is 4.80. The van der Waals surface area contributed by atoms with Gasteiger partial charge in [0.05, 0.1) is 0 Å². The van der Waals surface area contributed by atoms with Crippen molar-refractivity contribution in [2.45, 2.75) is 19.8 Å². The molecule has 2 aromatic rings. The van der Waals surface area contributed by atoms with Gasteiger partial charge in [-0.15, -0.1) is 0 Å². The van der Waals surface area contributed by atoms with Gasteiger partial charge in [-0.05, 0) is 36.6 Å². The van der Waals surface area contributed by atoms with E-state index in [2.05, 4.69) is 15.5 Å². The van der Waals surface area contributed by atoms with Crippen LogP contribution in [-0.4, -0.2) is 27.2 Å². The van der Waals surface area contributed by atoms with Crippen molar-refractivity contribution in [3.05, 3.63) is 35.2 Å². The molecule has 0 saturated heterocycles. The molecule has 6 heteroatoms. The van der Waals surface area contributed by atoms with Crippen LogP contribution in [0.3, 0.4) is 0 Å². The number of carboxylic acids is 1. The normalized spacial score (nSPS) is 13.8. The lowest BCUT2D eigenvalue weighted by Gasteiger charge is -2.17. The lowest BCUT2D eigenvalue weighted by Crippen LogP contribution is -2.18. The van der Waals surface area contributed by atoms with Gasteiger partial charge in [-0.1, -0.05) is 6.07 Å². The smallest absolute Gasteiger partial charge is 0.357 e. The van der Waals surface area contributed by atoms with Gasteiger partial charge < -0.3 is 10.4 Å². The van der Waals surface area contributed by atoms with Crippen LogP contribution in [0.4, 0.5) is 5.69 Å². The standard InChI is InChI=1S/C14H13N3O3/c1-7-12(13(14(19)20)17-16-7)9-2-4-10-8(6-9)3-5-11(18)15-10/h2,4,6H,3,5H2,1H3,(H,15,18)(H,16,17)(H,19,20). The Morgan fingerprint density at radius 3 is 2.90 bits per heavy atom. The molecule has 0 aliphatic carbocycles. The Hall–Kier alpha value is -2.63. The number of aromatic nitrogens is 2. The molecule has 1 aromatic heterocycles. The van der Waals surface area contributed by atoms with Crippen molar-refractivity contribution in [2.24, 2.45) is 0 Å². The highest BCUT2D eigenvalue weighted by molar-refractivity contribution is 5.97.